The largest absolute Gasteiger partial charge is 0.481 e. The smallest absolute Gasteiger partial charge is 0.310 e. The fourth-order valence-corrected chi connectivity index (χ4v) is 0.213. The SMILES string of the molecule is CC(=O)CC(=O)O.CC(=O)O.CC(C)=O. The minimum absolute atomic E-state index is 0.167. The van der Waals surface area contributed by atoms with Crippen molar-refractivity contribution in [2.75, 3.05) is 0 Å². The Morgan fingerprint density at radius 1 is 0.867 bits per heavy atom. The molecule has 0 aromatic rings. The Labute approximate surface area is 87.9 Å². The number of aliphatic carboxylic acids is 2. The van der Waals surface area contributed by atoms with Crippen molar-refractivity contribution < 1.29 is 29.4 Å². The summed E-state index contributed by atoms with van der Waals surface area (Å²) in [6.07, 6.45) is -0.361. The normalized spacial score (nSPS) is 7.20. The van der Waals surface area contributed by atoms with Gasteiger partial charge in [-0.25, -0.2) is 0 Å². The Hall–Kier alpha value is -1.72. The molecule has 0 bridgehead atoms. The molecule has 0 saturated heterocycles. The van der Waals surface area contributed by atoms with Gasteiger partial charge in [0.05, 0.1) is 0 Å². The molecule has 0 aromatic carbocycles. The Kier molecular flexibility index (Phi) is 15.5. The summed E-state index contributed by atoms with van der Waals surface area (Å²) in [5, 5.41) is 15.3. The Morgan fingerprint density at radius 2 is 1.07 bits per heavy atom. The molecule has 0 heterocycles. The van der Waals surface area contributed by atoms with Gasteiger partial charge in [0.2, 0.25) is 0 Å². The molecule has 0 spiro atoms. The monoisotopic (exact) mass is 220 g/mol. The highest BCUT2D eigenvalue weighted by atomic mass is 16.4. The molecule has 88 valence electrons. The summed E-state index contributed by atoms with van der Waals surface area (Å²) in [7, 11) is 0. The quantitative estimate of drug-likeness (QED) is 0.664. The van der Waals surface area contributed by atoms with Crippen molar-refractivity contribution in [3.63, 3.8) is 0 Å². The van der Waals surface area contributed by atoms with Gasteiger partial charge < -0.3 is 15.0 Å². The Morgan fingerprint density at radius 3 is 1.07 bits per heavy atom. The number of carbonyl (C=O) groups excluding carboxylic acids is 2. The van der Waals surface area contributed by atoms with Crippen LogP contribution in [-0.2, 0) is 19.2 Å². The van der Waals surface area contributed by atoms with Crippen molar-refractivity contribution in [3.8, 4) is 0 Å². The molecule has 15 heavy (non-hydrogen) atoms. The molecule has 0 aromatic heterocycles. The number of rotatable bonds is 2. The third kappa shape index (κ3) is 250. The van der Waals surface area contributed by atoms with E-state index in [1.54, 1.807) is 0 Å². The van der Waals surface area contributed by atoms with E-state index in [-0.39, 0.29) is 18.0 Å². The summed E-state index contributed by atoms with van der Waals surface area (Å²) in [5.41, 5.74) is 0. The number of Topliss-reactive ketones (excluding diaryl/α,β-unsaturated/α-hetero) is 2. The molecule has 6 heteroatoms. The molecule has 0 aliphatic rings. The van der Waals surface area contributed by atoms with Crippen LogP contribution in [0.3, 0.4) is 0 Å². The first-order valence-electron chi connectivity index (χ1n) is 3.97. The number of carbonyl (C=O) groups is 4. The van der Waals surface area contributed by atoms with Crippen molar-refractivity contribution in [1.82, 2.24) is 0 Å². The van der Waals surface area contributed by atoms with E-state index >= 15 is 0 Å². The first-order chi connectivity index (χ1) is 6.59. The zero-order valence-corrected chi connectivity index (χ0v) is 9.23. The first-order valence-corrected chi connectivity index (χ1v) is 3.97. The lowest BCUT2D eigenvalue weighted by atomic mass is 10.3. The molecule has 0 aliphatic carbocycles. The highest BCUT2D eigenvalue weighted by Gasteiger charge is 1.98. The molecule has 2 N–H and O–H groups in total. The molecule has 0 amide bonds. The van der Waals surface area contributed by atoms with Crippen LogP contribution in [0.2, 0.25) is 0 Å². The maximum Gasteiger partial charge on any atom is 0.310 e. The summed E-state index contributed by atoms with van der Waals surface area (Å²) < 4.78 is 0. The van der Waals surface area contributed by atoms with Crippen LogP contribution in [0.1, 0.15) is 34.1 Å². The van der Waals surface area contributed by atoms with Crippen LogP contribution >= 0.6 is 0 Å². The van der Waals surface area contributed by atoms with Gasteiger partial charge in [0.15, 0.2) is 0 Å². The van der Waals surface area contributed by atoms with Crippen molar-refractivity contribution in [3.05, 3.63) is 0 Å². The summed E-state index contributed by atoms with van der Waals surface area (Å²) in [6.45, 7) is 5.38. The molecule has 0 atom stereocenters. The Bertz CT molecular complexity index is 199. The van der Waals surface area contributed by atoms with Crippen LogP contribution in [0.5, 0.6) is 0 Å². The van der Waals surface area contributed by atoms with Gasteiger partial charge >= 0.3 is 5.97 Å². The van der Waals surface area contributed by atoms with Gasteiger partial charge in [0.25, 0.3) is 5.97 Å². The van der Waals surface area contributed by atoms with Crippen molar-refractivity contribution in [2.24, 2.45) is 0 Å². The molecular weight excluding hydrogens is 204 g/mol. The van der Waals surface area contributed by atoms with E-state index in [1.807, 2.05) is 0 Å². The average Bonchev–Trinajstić information content (AvgIpc) is 1.78. The lowest BCUT2D eigenvalue weighted by Crippen LogP contribution is -2.00. The van der Waals surface area contributed by atoms with Crippen LogP contribution < -0.4 is 0 Å². The third-order valence-corrected chi connectivity index (χ3v) is 0.400. The molecule has 0 unspecified atom stereocenters. The number of carboxylic acids is 2. The zero-order valence-electron chi connectivity index (χ0n) is 9.23. The highest BCUT2D eigenvalue weighted by Crippen LogP contribution is 1.77. The topological polar surface area (TPSA) is 109 Å². The lowest BCUT2D eigenvalue weighted by Gasteiger charge is -1.80. The van der Waals surface area contributed by atoms with Gasteiger partial charge in [-0.05, 0) is 20.8 Å². The van der Waals surface area contributed by atoms with Gasteiger partial charge in [-0.15, -0.1) is 0 Å². The van der Waals surface area contributed by atoms with Gasteiger partial charge in [0.1, 0.15) is 18.0 Å². The molecule has 0 saturated carbocycles. The van der Waals surface area contributed by atoms with E-state index in [0.29, 0.717) is 0 Å². The first kappa shape index (κ1) is 18.9. The molecule has 0 rings (SSSR count). The standard InChI is InChI=1S/C4H6O3.C3H6O.C2H4O2/c1-3(5)2-4(6)7;1-3(2)4;1-2(3)4/h2H2,1H3,(H,6,7);1-2H3;1H3,(H,3,4). The van der Waals surface area contributed by atoms with Crippen LogP contribution in [-0.4, -0.2) is 33.7 Å². The predicted octanol–water partition coefficient (Wildman–Crippen LogP) is 0.736. The summed E-state index contributed by atoms with van der Waals surface area (Å²) >= 11 is 0. The van der Waals surface area contributed by atoms with Gasteiger partial charge in [0, 0.05) is 6.92 Å². The van der Waals surface area contributed by atoms with E-state index in [1.165, 1.54) is 20.8 Å². The van der Waals surface area contributed by atoms with Crippen LogP contribution in [0.15, 0.2) is 0 Å². The van der Waals surface area contributed by atoms with Crippen LogP contribution in [0.4, 0.5) is 0 Å². The van der Waals surface area contributed by atoms with E-state index in [4.69, 9.17) is 15.0 Å². The van der Waals surface area contributed by atoms with E-state index in [2.05, 4.69) is 0 Å². The molecule has 0 radical (unpaired) electrons. The zero-order chi connectivity index (χ0) is 13.0. The second-order valence-electron chi connectivity index (χ2n) is 2.70. The molecule has 0 aliphatic heterocycles. The number of carboxylic acid groups (broad SMARTS) is 2. The second-order valence-corrected chi connectivity index (χ2v) is 2.70. The van der Waals surface area contributed by atoms with Crippen LogP contribution in [0, 0.1) is 0 Å². The van der Waals surface area contributed by atoms with E-state index in [9.17, 15) is 14.4 Å². The molecular formula is C9H16O6. The van der Waals surface area contributed by atoms with Gasteiger partial charge in [-0.3, -0.25) is 14.4 Å². The fourth-order valence-electron chi connectivity index (χ4n) is 0.213. The number of ketones is 2. The summed E-state index contributed by atoms with van der Waals surface area (Å²) in [5.74, 6) is -2.04. The van der Waals surface area contributed by atoms with Crippen LogP contribution in [0.25, 0.3) is 0 Å². The fraction of sp³-hybridized carbons (Fsp3) is 0.556. The average molecular weight is 220 g/mol. The molecule has 0 fully saturated rings. The molecule has 6 nitrogen and oxygen atoms in total. The number of hydrogen-bond acceptors (Lipinski definition) is 4. The Balaban J connectivity index is -0.000000155. The van der Waals surface area contributed by atoms with Crippen molar-refractivity contribution >= 4 is 23.5 Å². The second kappa shape index (κ2) is 12.3. The maximum absolute atomic E-state index is 9.87. The summed E-state index contributed by atoms with van der Waals surface area (Å²) in [4.78, 5) is 37.9. The van der Waals surface area contributed by atoms with Crippen molar-refractivity contribution in [2.45, 2.75) is 34.1 Å². The maximum atomic E-state index is 9.87. The predicted molar refractivity (Wildman–Crippen MR) is 52.6 cm³/mol. The van der Waals surface area contributed by atoms with E-state index in [0.717, 1.165) is 6.92 Å². The third-order valence-electron chi connectivity index (χ3n) is 0.400. The lowest BCUT2D eigenvalue weighted by molar-refractivity contribution is -0.140. The number of hydrogen-bond donors (Lipinski definition) is 2. The van der Waals surface area contributed by atoms with Crippen molar-refractivity contribution in [1.29, 1.82) is 0 Å². The van der Waals surface area contributed by atoms with E-state index < -0.39 is 11.9 Å². The van der Waals surface area contributed by atoms with Gasteiger partial charge in [-0.2, -0.15) is 0 Å². The van der Waals surface area contributed by atoms with Gasteiger partial charge in [-0.1, -0.05) is 0 Å². The minimum Gasteiger partial charge on any atom is -0.481 e. The highest BCUT2D eigenvalue weighted by molar-refractivity contribution is 5.93. The summed E-state index contributed by atoms with van der Waals surface area (Å²) in [6, 6.07) is 0. The minimum atomic E-state index is -1.06.